The molecule has 3 nitrogen and oxygen atoms in total. The SMILES string of the molecule is CC1(NC(=O)C2(C)CCCS2)CCNC1. The van der Waals surface area contributed by atoms with Crippen LogP contribution in [0.2, 0.25) is 0 Å². The zero-order valence-corrected chi connectivity index (χ0v) is 10.4. The largest absolute Gasteiger partial charge is 0.348 e. The topological polar surface area (TPSA) is 41.1 Å². The minimum Gasteiger partial charge on any atom is -0.348 e. The van der Waals surface area contributed by atoms with Crippen LogP contribution in [0, 0.1) is 0 Å². The quantitative estimate of drug-likeness (QED) is 0.745. The third-order valence-electron chi connectivity index (χ3n) is 3.48. The van der Waals surface area contributed by atoms with Gasteiger partial charge in [0.25, 0.3) is 0 Å². The van der Waals surface area contributed by atoms with E-state index >= 15 is 0 Å². The van der Waals surface area contributed by atoms with Crippen molar-refractivity contribution in [3.05, 3.63) is 0 Å². The minimum absolute atomic E-state index is 0.0246. The van der Waals surface area contributed by atoms with E-state index in [4.69, 9.17) is 0 Å². The van der Waals surface area contributed by atoms with Gasteiger partial charge in [-0.25, -0.2) is 0 Å². The average molecular weight is 228 g/mol. The molecule has 2 aliphatic heterocycles. The van der Waals surface area contributed by atoms with E-state index in [2.05, 4.69) is 24.5 Å². The van der Waals surface area contributed by atoms with Crippen molar-refractivity contribution in [3.63, 3.8) is 0 Å². The Hall–Kier alpha value is -0.220. The van der Waals surface area contributed by atoms with E-state index in [-0.39, 0.29) is 16.2 Å². The summed E-state index contributed by atoms with van der Waals surface area (Å²) in [4.78, 5) is 12.2. The molecule has 15 heavy (non-hydrogen) atoms. The zero-order valence-electron chi connectivity index (χ0n) is 9.56. The number of thioether (sulfide) groups is 1. The Morgan fingerprint density at radius 2 is 2.20 bits per heavy atom. The van der Waals surface area contributed by atoms with Crippen LogP contribution in [0.15, 0.2) is 0 Å². The number of nitrogens with one attached hydrogen (secondary N) is 2. The molecule has 0 aromatic carbocycles. The van der Waals surface area contributed by atoms with E-state index in [1.807, 2.05) is 0 Å². The van der Waals surface area contributed by atoms with E-state index in [1.54, 1.807) is 11.8 Å². The van der Waals surface area contributed by atoms with Crippen molar-refractivity contribution in [1.29, 1.82) is 0 Å². The summed E-state index contributed by atoms with van der Waals surface area (Å²) in [5.74, 6) is 1.36. The molecule has 2 atom stereocenters. The molecule has 86 valence electrons. The zero-order chi connectivity index (χ0) is 10.9. The predicted molar refractivity (Wildman–Crippen MR) is 64.1 cm³/mol. The summed E-state index contributed by atoms with van der Waals surface area (Å²) in [6, 6.07) is 0. The molecule has 0 spiro atoms. The van der Waals surface area contributed by atoms with Crippen LogP contribution in [0.4, 0.5) is 0 Å². The lowest BCUT2D eigenvalue weighted by Crippen LogP contribution is -2.53. The van der Waals surface area contributed by atoms with Crippen LogP contribution in [0.1, 0.15) is 33.1 Å². The van der Waals surface area contributed by atoms with Crippen molar-refractivity contribution in [2.75, 3.05) is 18.8 Å². The summed E-state index contributed by atoms with van der Waals surface area (Å²) >= 11 is 1.80. The van der Waals surface area contributed by atoms with Crippen LogP contribution >= 0.6 is 11.8 Å². The molecule has 1 amide bonds. The molecular weight excluding hydrogens is 208 g/mol. The van der Waals surface area contributed by atoms with E-state index in [9.17, 15) is 4.79 Å². The summed E-state index contributed by atoms with van der Waals surface area (Å²) in [5.41, 5.74) is -0.0246. The molecule has 0 aliphatic carbocycles. The van der Waals surface area contributed by atoms with Crippen LogP contribution in [0.3, 0.4) is 0 Å². The van der Waals surface area contributed by atoms with E-state index in [0.717, 1.165) is 31.7 Å². The van der Waals surface area contributed by atoms with E-state index in [0.29, 0.717) is 0 Å². The molecule has 2 fully saturated rings. The summed E-state index contributed by atoms with van der Waals surface area (Å²) in [6.45, 7) is 6.12. The predicted octanol–water partition coefficient (Wildman–Crippen LogP) is 1.14. The first-order chi connectivity index (χ1) is 7.04. The van der Waals surface area contributed by atoms with Gasteiger partial charge in [-0.05, 0) is 45.4 Å². The van der Waals surface area contributed by atoms with Gasteiger partial charge in [-0.15, -0.1) is 11.8 Å². The molecule has 2 unspecified atom stereocenters. The Labute approximate surface area is 95.8 Å². The van der Waals surface area contributed by atoms with Gasteiger partial charge in [0.1, 0.15) is 0 Å². The van der Waals surface area contributed by atoms with Gasteiger partial charge < -0.3 is 10.6 Å². The Bertz CT molecular complexity index is 255. The normalized spacial score (nSPS) is 40.7. The summed E-state index contributed by atoms with van der Waals surface area (Å²) in [6.07, 6.45) is 3.23. The lowest BCUT2D eigenvalue weighted by atomic mass is 9.98. The molecule has 2 N–H and O–H groups in total. The van der Waals surface area contributed by atoms with Crippen molar-refractivity contribution in [2.45, 2.75) is 43.4 Å². The summed E-state index contributed by atoms with van der Waals surface area (Å²) in [5, 5.41) is 6.52. The smallest absolute Gasteiger partial charge is 0.236 e. The first kappa shape index (κ1) is 11.3. The van der Waals surface area contributed by atoms with E-state index < -0.39 is 0 Å². The Balaban J connectivity index is 1.96. The Kier molecular flexibility index (Phi) is 2.99. The second-order valence-electron chi connectivity index (χ2n) is 5.12. The van der Waals surface area contributed by atoms with Gasteiger partial charge in [-0.2, -0.15) is 0 Å². The van der Waals surface area contributed by atoms with Crippen molar-refractivity contribution in [2.24, 2.45) is 0 Å². The molecular formula is C11H20N2OS. The van der Waals surface area contributed by atoms with Gasteiger partial charge >= 0.3 is 0 Å². The number of carbonyl (C=O) groups excluding carboxylic acids is 1. The van der Waals surface area contributed by atoms with Gasteiger partial charge in [-0.3, -0.25) is 4.79 Å². The van der Waals surface area contributed by atoms with Gasteiger partial charge in [0, 0.05) is 6.54 Å². The molecule has 0 radical (unpaired) electrons. The first-order valence-electron chi connectivity index (χ1n) is 5.71. The van der Waals surface area contributed by atoms with Crippen LogP contribution in [-0.4, -0.2) is 35.0 Å². The maximum Gasteiger partial charge on any atom is 0.236 e. The number of rotatable bonds is 2. The van der Waals surface area contributed by atoms with Crippen molar-refractivity contribution in [1.82, 2.24) is 10.6 Å². The van der Waals surface area contributed by atoms with Crippen molar-refractivity contribution < 1.29 is 4.79 Å². The van der Waals surface area contributed by atoms with Gasteiger partial charge in [-0.1, -0.05) is 0 Å². The van der Waals surface area contributed by atoms with Crippen LogP contribution < -0.4 is 10.6 Å². The van der Waals surface area contributed by atoms with E-state index in [1.165, 1.54) is 6.42 Å². The van der Waals surface area contributed by atoms with Crippen LogP contribution in [-0.2, 0) is 4.79 Å². The highest BCUT2D eigenvalue weighted by molar-refractivity contribution is 8.01. The maximum atomic E-state index is 12.2. The third-order valence-corrected chi connectivity index (χ3v) is 5.00. The Morgan fingerprint density at radius 1 is 1.40 bits per heavy atom. The fraction of sp³-hybridized carbons (Fsp3) is 0.909. The summed E-state index contributed by atoms with van der Waals surface area (Å²) in [7, 11) is 0. The van der Waals surface area contributed by atoms with Crippen LogP contribution in [0.5, 0.6) is 0 Å². The van der Waals surface area contributed by atoms with Crippen molar-refractivity contribution in [3.8, 4) is 0 Å². The molecule has 0 bridgehead atoms. The molecule has 0 saturated carbocycles. The number of carbonyl (C=O) groups is 1. The molecule has 2 rings (SSSR count). The number of amides is 1. The monoisotopic (exact) mass is 228 g/mol. The Morgan fingerprint density at radius 3 is 2.73 bits per heavy atom. The highest BCUT2D eigenvalue weighted by Gasteiger charge is 2.41. The summed E-state index contributed by atoms with van der Waals surface area (Å²) < 4.78 is -0.175. The molecule has 0 aromatic heterocycles. The number of hydrogen-bond acceptors (Lipinski definition) is 3. The second kappa shape index (κ2) is 3.98. The van der Waals surface area contributed by atoms with Crippen molar-refractivity contribution >= 4 is 17.7 Å². The molecule has 2 saturated heterocycles. The highest BCUT2D eigenvalue weighted by Crippen LogP contribution is 2.38. The molecule has 0 aromatic rings. The lowest BCUT2D eigenvalue weighted by molar-refractivity contribution is -0.124. The standard InChI is InChI=1S/C11H20N2OS/c1-10(5-6-12-8-10)13-9(14)11(2)4-3-7-15-11/h12H,3-8H2,1-2H3,(H,13,14). The van der Waals surface area contributed by atoms with Gasteiger partial charge in [0.2, 0.25) is 5.91 Å². The van der Waals surface area contributed by atoms with Gasteiger partial charge in [0.05, 0.1) is 10.3 Å². The fourth-order valence-electron chi connectivity index (χ4n) is 2.29. The fourth-order valence-corrected chi connectivity index (χ4v) is 3.50. The maximum absolute atomic E-state index is 12.2. The molecule has 2 heterocycles. The molecule has 4 heteroatoms. The third kappa shape index (κ3) is 2.31. The van der Waals surface area contributed by atoms with Crippen LogP contribution in [0.25, 0.3) is 0 Å². The second-order valence-corrected chi connectivity index (χ2v) is 6.72. The molecule has 2 aliphatic rings. The highest BCUT2D eigenvalue weighted by atomic mass is 32.2. The van der Waals surface area contributed by atoms with Gasteiger partial charge in [0.15, 0.2) is 0 Å². The first-order valence-corrected chi connectivity index (χ1v) is 6.70. The lowest BCUT2D eigenvalue weighted by Gasteiger charge is -2.30. The number of hydrogen-bond donors (Lipinski definition) is 2. The minimum atomic E-state index is -0.175. The average Bonchev–Trinajstić information content (AvgIpc) is 2.76.